The van der Waals surface area contributed by atoms with E-state index in [0.717, 1.165) is 30.7 Å². The number of hydrogen-bond acceptors (Lipinski definition) is 6. The number of carbonyl (C=O) groups is 2. The first kappa shape index (κ1) is 23.6. The molecule has 2 aromatic rings. The molecule has 3 heterocycles. The predicted octanol–water partition coefficient (Wildman–Crippen LogP) is 3.44. The van der Waals surface area contributed by atoms with E-state index in [1.807, 2.05) is 11.6 Å². The lowest BCUT2D eigenvalue weighted by Gasteiger charge is -2.36. The number of hydrogen-bond donors (Lipinski definition) is 1. The molecule has 0 radical (unpaired) electrons. The molecule has 4 rings (SSSR count). The molecule has 0 unspecified atom stereocenters. The Balaban J connectivity index is 1.45. The standard InChI is InChI=1S/C24H30ClN3O5/c1-3-18-21-19(14-24(15-26-22(21)29)7-11-32-12-8-24)28(27-18)9-4-10-33-23(30)17-13-16(25)5-6-20(17)31-2/h5-6,13H,3-4,7-12,14-15H2,1-2H3,(H,26,29). The van der Waals surface area contributed by atoms with Crippen LogP contribution in [-0.4, -0.2) is 55.1 Å². The molecule has 178 valence electrons. The van der Waals surface area contributed by atoms with Gasteiger partial charge in [0.05, 0.1) is 30.7 Å². The van der Waals surface area contributed by atoms with E-state index >= 15 is 0 Å². The maximum absolute atomic E-state index is 12.9. The van der Waals surface area contributed by atoms with Gasteiger partial charge in [0.2, 0.25) is 0 Å². The van der Waals surface area contributed by atoms with Gasteiger partial charge in [-0.05, 0) is 49.3 Å². The van der Waals surface area contributed by atoms with Crippen LogP contribution in [0.25, 0.3) is 0 Å². The van der Waals surface area contributed by atoms with Crippen LogP contribution in [0.3, 0.4) is 0 Å². The lowest BCUT2D eigenvalue weighted by molar-refractivity contribution is 0.0152. The van der Waals surface area contributed by atoms with Crippen LogP contribution >= 0.6 is 11.6 Å². The van der Waals surface area contributed by atoms with Gasteiger partial charge in [0.15, 0.2) is 0 Å². The highest BCUT2D eigenvalue weighted by atomic mass is 35.5. The number of halogens is 1. The topological polar surface area (TPSA) is 91.7 Å². The van der Waals surface area contributed by atoms with E-state index in [2.05, 4.69) is 5.32 Å². The first-order chi connectivity index (χ1) is 16.0. The van der Waals surface area contributed by atoms with Gasteiger partial charge in [-0.1, -0.05) is 18.5 Å². The Hall–Kier alpha value is -2.58. The molecule has 0 saturated carbocycles. The van der Waals surface area contributed by atoms with E-state index in [1.54, 1.807) is 12.1 Å². The van der Waals surface area contributed by atoms with E-state index in [9.17, 15) is 9.59 Å². The van der Waals surface area contributed by atoms with Gasteiger partial charge < -0.3 is 19.5 Å². The molecule has 2 aliphatic rings. The molecule has 1 aromatic heterocycles. The molecule has 0 aliphatic carbocycles. The third-order valence-electron chi connectivity index (χ3n) is 6.54. The molecular weight excluding hydrogens is 446 g/mol. The Kier molecular flexibility index (Phi) is 7.24. The first-order valence-electron chi connectivity index (χ1n) is 11.4. The molecule has 1 N–H and O–H groups in total. The van der Waals surface area contributed by atoms with Crippen LogP contribution in [-0.2, 0) is 28.9 Å². The fourth-order valence-electron chi connectivity index (χ4n) is 4.65. The molecule has 1 fully saturated rings. The molecule has 1 spiro atoms. The molecule has 1 aromatic carbocycles. The Morgan fingerprint density at radius 1 is 1.33 bits per heavy atom. The Bertz CT molecular complexity index is 1030. The number of fused-ring (bicyclic) bond motifs is 1. The second kappa shape index (κ2) is 10.1. The van der Waals surface area contributed by atoms with Gasteiger partial charge in [-0.3, -0.25) is 9.48 Å². The van der Waals surface area contributed by atoms with Crippen LogP contribution < -0.4 is 10.1 Å². The number of carbonyl (C=O) groups excluding carboxylic acids is 2. The zero-order chi connectivity index (χ0) is 23.4. The molecule has 0 bridgehead atoms. The minimum absolute atomic E-state index is 0.00243. The number of nitrogens with zero attached hydrogens (tertiary/aromatic N) is 2. The van der Waals surface area contributed by atoms with Crippen molar-refractivity contribution in [1.82, 2.24) is 15.1 Å². The molecule has 1 saturated heterocycles. The van der Waals surface area contributed by atoms with E-state index in [4.69, 9.17) is 30.9 Å². The maximum atomic E-state index is 12.9. The van der Waals surface area contributed by atoms with E-state index in [-0.39, 0.29) is 17.9 Å². The van der Waals surface area contributed by atoms with Gasteiger partial charge in [-0.25, -0.2) is 4.79 Å². The molecular formula is C24H30ClN3O5. The molecule has 9 heteroatoms. The van der Waals surface area contributed by atoms with Crippen LogP contribution in [0.5, 0.6) is 5.75 Å². The summed E-state index contributed by atoms with van der Waals surface area (Å²) in [5.74, 6) is -0.110. The fraction of sp³-hybridized carbons (Fsp3) is 0.542. The van der Waals surface area contributed by atoms with Crippen molar-refractivity contribution in [3.8, 4) is 5.75 Å². The van der Waals surface area contributed by atoms with Crippen molar-refractivity contribution in [3.63, 3.8) is 0 Å². The highest BCUT2D eigenvalue weighted by Crippen LogP contribution is 2.37. The highest BCUT2D eigenvalue weighted by molar-refractivity contribution is 6.31. The lowest BCUT2D eigenvalue weighted by atomic mass is 9.76. The van der Waals surface area contributed by atoms with Crippen molar-refractivity contribution in [1.29, 1.82) is 0 Å². The molecule has 33 heavy (non-hydrogen) atoms. The van der Waals surface area contributed by atoms with Gasteiger partial charge in [0, 0.05) is 37.7 Å². The smallest absolute Gasteiger partial charge is 0.341 e. The number of methoxy groups -OCH3 is 1. The normalized spacial score (nSPS) is 17.2. The van der Waals surface area contributed by atoms with E-state index in [1.165, 1.54) is 13.2 Å². The summed E-state index contributed by atoms with van der Waals surface area (Å²) in [6.45, 7) is 4.87. The number of ether oxygens (including phenoxy) is 3. The number of aromatic nitrogens is 2. The van der Waals surface area contributed by atoms with Crippen molar-refractivity contribution in [3.05, 3.63) is 45.7 Å². The number of nitrogens with one attached hydrogen (secondary N) is 1. The SMILES string of the molecule is CCc1nn(CCCOC(=O)c2cc(Cl)ccc2OC)c2c1C(=O)NCC1(CCOCC1)C2. The number of benzene rings is 1. The van der Waals surface area contributed by atoms with Crippen molar-refractivity contribution >= 4 is 23.5 Å². The Morgan fingerprint density at radius 3 is 2.85 bits per heavy atom. The number of rotatable bonds is 7. The van der Waals surface area contributed by atoms with Gasteiger partial charge >= 0.3 is 5.97 Å². The van der Waals surface area contributed by atoms with Crippen molar-refractivity contribution in [2.45, 2.75) is 45.6 Å². The van der Waals surface area contributed by atoms with Crippen molar-refractivity contribution in [2.75, 3.05) is 33.5 Å². The van der Waals surface area contributed by atoms with Gasteiger partial charge in [-0.15, -0.1) is 0 Å². The summed E-state index contributed by atoms with van der Waals surface area (Å²) in [5, 5.41) is 8.31. The van der Waals surface area contributed by atoms with Gasteiger partial charge in [-0.2, -0.15) is 5.10 Å². The third-order valence-corrected chi connectivity index (χ3v) is 6.78. The van der Waals surface area contributed by atoms with E-state index in [0.29, 0.717) is 61.0 Å². The summed E-state index contributed by atoms with van der Waals surface area (Å²) in [6, 6.07) is 4.84. The molecule has 0 atom stereocenters. The molecule has 1 amide bonds. The molecule has 2 aliphatic heterocycles. The van der Waals surface area contributed by atoms with Crippen LogP contribution in [0.15, 0.2) is 18.2 Å². The predicted molar refractivity (Wildman–Crippen MR) is 123 cm³/mol. The summed E-state index contributed by atoms with van der Waals surface area (Å²) >= 11 is 6.01. The summed E-state index contributed by atoms with van der Waals surface area (Å²) < 4.78 is 18.2. The minimum atomic E-state index is -0.483. The van der Waals surface area contributed by atoms with Crippen LogP contribution in [0.2, 0.25) is 5.02 Å². The number of aryl methyl sites for hydroxylation is 2. The third kappa shape index (κ3) is 5.01. The van der Waals surface area contributed by atoms with Crippen molar-refractivity contribution in [2.24, 2.45) is 5.41 Å². The van der Waals surface area contributed by atoms with Gasteiger partial charge in [0.25, 0.3) is 5.91 Å². The zero-order valence-corrected chi connectivity index (χ0v) is 19.9. The van der Waals surface area contributed by atoms with Crippen LogP contribution in [0, 0.1) is 5.41 Å². The summed E-state index contributed by atoms with van der Waals surface area (Å²) in [6.07, 6.45) is 3.87. The monoisotopic (exact) mass is 475 g/mol. The maximum Gasteiger partial charge on any atom is 0.341 e. The largest absolute Gasteiger partial charge is 0.496 e. The number of amides is 1. The quantitative estimate of drug-likeness (QED) is 0.487. The Morgan fingerprint density at radius 2 is 2.12 bits per heavy atom. The minimum Gasteiger partial charge on any atom is -0.496 e. The first-order valence-corrected chi connectivity index (χ1v) is 11.8. The van der Waals surface area contributed by atoms with E-state index < -0.39 is 5.97 Å². The van der Waals surface area contributed by atoms with Crippen LogP contribution in [0.4, 0.5) is 0 Å². The second-order valence-corrected chi connectivity index (χ2v) is 9.09. The highest BCUT2D eigenvalue weighted by Gasteiger charge is 2.39. The van der Waals surface area contributed by atoms with Gasteiger partial charge in [0.1, 0.15) is 11.3 Å². The average Bonchev–Trinajstić information content (AvgIpc) is 3.10. The Labute approximate surface area is 198 Å². The lowest BCUT2D eigenvalue weighted by Crippen LogP contribution is -2.40. The summed E-state index contributed by atoms with van der Waals surface area (Å²) in [4.78, 5) is 25.4. The summed E-state index contributed by atoms with van der Waals surface area (Å²) in [5.41, 5.74) is 2.79. The fourth-order valence-corrected chi connectivity index (χ4v) is 4.83. The summed E-state index contributed by atoms with van der Waals surface area (Å²) in [7, 11) is 1.50. The zero-order valence-electron chi connectivity index (χ0n) is 19.1. The number of esters is 1. The van der Waals surface area contributed by atoms with Crippen LogP contribution in [0.1, 0.15) is 58.3 Å². The second-order valence-electron chi connectivity index (χ2n) is 8.65. The average molecular weight is 476 g/mol. The molecule has 8 nitrogen and oxygen atoms in total. The van der Waals surface area contributed by atoms with Crippen molar-refractivity contribution < 1.29 is 23.8 Å².